The fourth-order valence-corrected chi connectivity index (χ4v) is 1.29. The van der Waals surface area contributed by atoms with E-state index in [4.69, 9.17) is 4.74 Å². The molecule has 1 N–H and O–H groups in total. The molecular formula is C11H16N2O4. The molecule has 0 aliphatic heterocycles. The first-order chi connectivity index (χ1) is 7.71. The van der Waals surface area contributed by atoms with Crippen LogP contribution in [0.5, 0.6) is 0 Å². The molecule has 0 spiro atoms. The predicted molar refractivity (Wildman–Crippen MR) is 61.8 cm³/mol. The molecule has 0 saturated carbocycles. The summed E-state index contributed by atoms with van der Waals surface area (Å²) in [6.45, 7) is 6.63. The summed E-state index contributed by atoms with van der Waals surface area (Å²) in [4.78, 5) is 35.9. The Bertz CT molecular complexity index is 534. The molecule has 0 aromatic carbocycles. The highest BCUT2D eigenvalue weighted by Crippen LogP contribution is 2.09. The summed E-state index contributed by atoms with van der Waals surface area (Å²) >= 11 is 0. The molecular weight excluding hydrogens is 224 g/mol. The fourth-order valence-electron chi connectivity index (χ4n) is 1.29. The van der Waals surface area contributed by atoms with E-state index in [1.165, 1.54) is 17.7 Å². The number of hydrogen-bond donors (Lipinski definition) is 1. The van der Waals surface area contributed by atoms with E-state index in [0.717, 1.165) is 0 Å². The SMILES string of the molecule is CC(=O)OCc1cn(C(C)(C)C)c(=O)[nH]c1=O. The number of carbonyl (C=O) groups excluding carboxylic acids is 1. The molecule has 1 heterocycles. The van der Waals surface area contributed by atoms with Crippen molar-refractivity contribution in [1.82, 2.24) is 9.55 Å². The summed E-state index contributed by atoms with van der Waals surface area (Å²) in [6, 6.07) is 0. The van der Waals surface area contributed by atoms with Gasteiger partial charge in [0.05, 0.1) is 5.56 Å². The molecule has 1 rings (SSSR count). The number of nitrogens with zero attached hydrogens (tertiary/aromatic N) is 1. The van der Waals surface area contributed by atoms with E-state index in [-0.39, 0.29) is 12.2 Å². The van der Waals surface area contributed by atoms with E-state index in [9.17, 15) is 14.4 Å². The highest BCUT2D eigenvalue weighted by molar-refractivity contribution is 5.65. The maximum absolute atomic E-state index is 11.6. The van der Waals surface area contributed by atoms with Crippen LogP contribution in [0.15, 0.2) is 15.8 Å². The number of rotatable bonds is 2. The van der Waals surface area contributed by atoms with Crippen LogP contribution in [0.1, 0.15) is 33.3 Å². The Hall–Kier alpha value is -1.85. The topological polar surface area (TPSA) is 81.2 Å². The minimum absolute atomic E-state index is 0.138. The molecule has 0 aliphatic rings. The molecule has 0 aliphatic carbocycles. The third kappa shape index (κ3) is 3.30. The van der Waals surface area contributed by atoms with Gasteiger partial charge in [0.1, 0.15) is 6.61 Å². The number of H-pyrrole nitrogens is 1. The zero-order valence-corrected chi connectivity index (χ0v) is 10.4. The van der Waals surface area contributed by atoms with Crippen LogP contribution < -0.4 is 11.2 Å². The number of aromatic nitrogens is 2. The molecule has 0 unspecified atom stereocenters. The number of hydrogen-bond acceptors (Lipinski definition) is 4. The quantitative estimate of drug-likeness (QED) is 0.756. The van der Waals surface area contributed by atoms with Gasteiger partial charge in [-0.3, -0.25) is 19.1 Å². The lowest BCUT2D eigenvalue weighted by Gasteiger charge is -2.22. The number of aromatic amines is 1. The zero-order valence-electron chi connectivity index (χ0n) is 10.4. The Morgan fingerprint density at radius 3 is 2.47 bits per heavy atom. The van der Waals surface area contributed by atoms with Gasteiger partial charge in [-0.05, 0) is 20.8 Å². The van der Waals surface area contributed by atoms with Crippen molar-refractivity contribution >= 4 is 5.97 Å². The number of nitrogens with one attached hydrogen (secondary N) is 1. The van der Waals surface area contributed by atoms with Gasteiger partial charge in [-0.1, -0.05) is 0 Å². The van der Waals surface area contributed by atoms with Gasteiger partial charge in [-0.2, -0.15) is 0 Å². The lowest BCUT2D eigenvalue weighted by molar-refractivity contribution is -0.142. The molecule has 0 fully saturated rings. The van der Waals surface area contributed by atoms with Crippen molar-refractivity contribution in [3.05, 3.63) is 32.6 Å². The van der Waals surface area contributed by atoms with Crippen molar-refractivity contribution < 1.29 is 9.53 Å². The predicted octanol–water partition coefficient (Wildman–Crippen LogP) is 0.355. The average molecular weight is 240 g/mol. The van der Waals surface area contributed by atoms with Crippen LogP contribution in [0.3, 0.4) is 0 Å². The van der Waals surface area contributed by atoms with E-state index in [1.807, 2.05) is 20.8 Å². The highest BCUT2D eigenvalue weighted by Gasteiger charge is 2.16. The number of esters is 1. The van der Waals surface area contributed by atoms with Crippen LogP contribution in [-0.2, 0) is 21.7 Å². The van der Waals surface area contributed by atoms with Gasteiger partial charge >= 0.3 is 11.7 Å². The Labute approximate surface area is 98.2 Å². The lowest BCUT2D eigenvalue weighted by atomic mass is 10.1. The monoisotopic (exact) mass is 240 g/mol. The molecule has 0 amide bonds. The fraction of sp³-hybridized carbons (Fsp3) is 0.545. The van der Waals surface area contributed by atoms with E-state index in [2.05, 4.69) is 4.98 Å². The molecule has 6 heteroatoms. The molecule has 0 radical (unpaired) electrons. The average Bonchev–Trinajstić information content (AvgIpc) is 2.13. The Morgan fingerprint density at radius 1 is 1.41 bits per heavy atom. The van der Waals surface area contributed by atoms with E-state index < -0.39 is 22.8 Å². The second kappa shape index (κ2) is 4.57. The molecule has 1 aromatic heterocycles. The zero-order chi connectivity index (χ0) is 13.2. The second-order valence-electron chi connectivity index (χ2n) is 4.73. The van der Waals surface area contributed by atoms with Crippen LogP contribution >= 0.6 is 0 Å². The van der Waals surface area contributed by atoms with Crippen LogP contribution in [0.25, 0.3) is 0 Å². The van der Waals surface area contributed by atoms with Crippen molar-refractivity contribution in [2.24, 2.45) is 0 Å². The number of ether oxygens (including phenoxy) is 1. The smallest absolute Gasteiger partial charge is 0.328 e. The third-order valence-corrected chi connectivity index (χ3v) is 2.17. The molecule has 1 aromatic rings. The normalized spacial score (nSPS) is 11.3. The molecule has 0 bridgehead atoms. The van der Waals surface area contributed by atoms with E-state index >= 15 is 0 Å². The molecule has 0 atom stereocenters. The van der Waals surface area contributed by atoms with Gasteiger partial charge in [0.2, 0.25) is 0 Å². The van der Waals surface area contributed by atoms with Crippen LogP contribution in [0.4, 0.5) is 0 Å². The maximum atomic E-state index is 11.6. The van der Waals surface area contributed by atoms with Crippen LogP contribution in [-0.4, -0.2) is 15.5 Å². The standard InChI is InChI=1S/C11H16N2O4/c1-7(14)17-6-8-5-13(11(2,3)4)10(16)12-9(8)15/h5H,6H2,1-4H3,(H,12,15,16). The van der Waals surface area contributed by atoms with Gasteiger partial charge in [-0.25, -0.2) is 4.79 Å². The minimum atomic E-state index is -0.531. The molecule has 17 heavy (non-hydrogen) atoms. The van der Waals surface area contributed by atoms with Crippen molar-refractivity contribution in [3.8, 4) is 0 Å². The van der Waals surface area contributed by atoms with E-state index in [0.29, 0.717) is 0 Å². The first kappa shape index (κ1) is 13.2. The van der Waals surface area contributed by atoms with Crippen LogP contribution in [0, 0.1) is 0 Å². The summed E-state index contributed by atoms with van der Waals surface area (Å²) in [5.74, 6) is -0.474. The van der Waals surface area contributed by atoms with Gasteiger partial charge in [0.15, 0.2) is 0 Å². The maximum Gasteiger partial charge on any atom is 0.328 e. The summed E-state index contributed by atoms with van der Waals surface area (Å²) in [6.07, 6.45) is 1.42. The lowest BCUT2D eigenvalue weighted by Crippen LogP contribution is -2.39. The van der Waals surface area contributed by atoms with Crippen LogP contribution in [0.2, 0.25) is 0 Å². The Morgan fingerprint density at radius 2 is 2.00 bits per heavy atom. The molecule has 0 saturated heterocycles. The summed E-state index contributed by atoms with van der Waals surface area (Å²) < 4.78 is 6.14. The Kier molecular flexibility index (Phi) is 3.55. The van der Waals surface area contributed by atoms with Gasteiger partial charge < -0.3 is 4.74 Å². The summed E-state index contributed by atoms with van der Waals surface area (Å²) in [5.41, 5.74) is -1.22. The van der Waals surface area contributed by atoms with Crippen molar-refractivity contribution in [2.45, 2.75) is 39.8 Å². The van der Waals surface area contributed by atoms with Crippen molar-refractivity contribution in [2.75, 3.05) is 0 Å². The first-order valence-corrected chi connectivity index (χ1v) is 5.20. The first-order valence-electron chi connectivity index (χ1n) is 5.20. The third-order valence-electron chi connectivity index (χ3n) is 2.17. The summed E-state index contributed by atoms with van der Waals surface area (Å²) in [7, 11) is 0. The number of carbonyl (C=O) groups is 1. The highest BCUT2D eigenvalue weighted by atomic mass is 16.5. The largest absolute Gasteiger partial charge is 0.461 e. The van der Waals surface area contributed by atoms with Crippen molar-refractivity contribution in [3.63, 3.8) is 0 Å². The van der Waals surface area contributed by atoms with Crippen molar-refractivity contribution in [1.29, 1.82) is 0 Å². The van der Waals surface area contributed by atoms with E-state index in [1.54, 1.807) is 0 Å². The minimum Gasteiger partial charge on any atom is -0.461 e. The second-order valence-corrected chi connectivity index (χ2v) is 4.73. The summed E-state index contributed by atoms with van der Waals surface area (Å²) in [5, 5.41) is 0. The molecule has 94 valence electrons. The van der Waals surface area contributed by atoms with Gasteiger partial charge in [0, 0.05) is 18.7 Å². The van der Waals surface area contributed by atoms with Gasteiger partial charge in [0.25, 0.3) is 5.56 Å². The van der Waals surface area contributed by atoms with Gasteiger partial charge in [-0.15, -0.1) is 0 Å². The Balaban J connectivity index is 3.20. The molecule has 6 nitrogen and oxygen atoms in total.